The Labute approximate surface area is 95.9 Å². The Morgan fingerprint density at radius 1 is 1.38 bits per heavy atom. The highest BCUT2D eigenvalue weighted by Crippen LogP contribution is 2.12. The summed E-state index contributed by atoms with van der Waals surface area (Å²) in [6.07, 6.45) is 1.51. The number of aromatic nitrogens is 3. The van der Waals surface area contributed by atoms with E-state index in [9.17, 15) is 8.42 Å². The lowest BCUT2D eigenvalue weighted by Gasteiger charge is -2.08. The third-order valence-electron chi connectivity index (χ3n) is 2.09. The van der Waals surface area contributed by atoms with Gasteiger partial charge in [-0.2, -0.15) is 0 Å². The number of hydrogen-bond acceptors (Lipinski definition) is 4. The molecule has 0 aromatic carbocycles. The van der Waals surface area contributed by atoms with Crippen molar-refractivity contribution in [1.29, 1.82) is 0 Å². The van der Waals surface area contributed by atoms with Gasteiger partial charge in [0.25, 0.3) is 15.2 Å². The molecule has 0 saturated carbocycles. The molecule has 0 atom stereocenters. The van der Waals surface area contributed by atoms with E-state index >= 15 is 0 Å². The number of rotatable bonds is 5. The van der Waals surface area contributed by atoms with Crippen LogP contribution >= 0.6 is 0 Å². The fraction of sp³-hybridized carbons (Fsp3) is 0.778. The smallest absolute Gasteiger partial charge is 0.273 e. The summed E-state index contributed by atoms with van der Waals surface area (Å²) >= 11 is 0. The molecule has 1 aromatic heterocycles. The van der Waals surface area contributed by atoms with Crippen LogP contribution in [0.4, 0.5) is 0 Å². The van der Waals surface area contributed by atoms with Gasteiger partial charge in [0, 0.05) is 13.0 Å². The minimum absolute atomic E-state index is 0.134. The molecule has 0 bridgehead atoms. The minimum Gasteiger partial charge on any atom is -0.301 e. The molecule has 0 fully saturated rings. The van der Waals surface area contributed by atoms with Crippen molar-refractivity contribution < 1.29 is 8.42 Å². The maximum atomic E-state index is 11.3. The molecule has 0 radical (unpaired) electrons. The van der Waals surface area contributed by atoms with Crippen LogP contribution < -0.4 is 5.14 Å². The molecule has 7 heteroatoms. The molecule has 0 aliphatic heterocycles. The van der Waals surface area contributed by atoms with E-state index < -0.39 is 10.0 Å². The summed E-state index contributed by atoms with van der Waals surface area (Å²) in [6, 6.07) is 0. The van der Waals surface area contributed by atoms with Crippen molar-refractivity contribution in [3.8, 4) is 0 Å². The van der Waals surface area contributed by atoms with Crippen molar-refractivity contribution in [2.24, 2.45) is 11.1 Å². The molecule has 0 unspecified atom stereocenters. The molecule has 0 aliphatic carbocycles. The van der Waals surface area contributed by atoms with E-state index in [0.29, 0.717) is 24.7 Å². The Morgan fingerprint density at radius 2 is 2.00 bits per heavy atom. The lowest BCUT2D eigenvalue weighted by Crippen LogP contribution is -2.20. The predicted octanol–water partition coefficient (Wildman–Crippen LogP) is 0.534. The molecular formula is C9H18N4O2S. The molecule has 0 spiro atoms. The molecule has 92 valence electrons. The molecule has 0 aliphatic rings. The summed E-state index contributed by atoms with van der Waals surface area (Å²) in [5.41, 5.74) is 0. The quantitative estimate of drug-likeness (QED) is 0.820. The number of sulfonamides is 1. The first-order valence-corrected chi connectivity index (χ1v) is 6.85. The summed E-state index contributed by atoms with van der Waals surface area (Å²) in [6.45, 7) is 6.62. The van der Waals surface area contributed by atoms with Gasteiger partial charge in [0.15, 0.2) is 0 Å². The standard InChI is InChI=1S/C9H18N4O2S/c1-4-5-13-8(6-7(2)3)11-12-9(13)16(10,14)15/h7H,4-6H2,1-3H3,(H2,10,14,15). The van der Waals surface area contributed by atoms with Gasteiger partial charge in [-0.15, -0.1) is 10.2 Å². The lowest BCUT2D eigenvalue weighted by atomic mass is 10.1. The highest BCUT2D eigenvalue weighted by Gasteiger charge is 2.20. The van der Waals surface area contributed by atoms with Gasteiger partial charge in [0.1, 0.15) is 5.82 Å². The van der Waals surface area contributed by atoms with Crippen LogP contribution in [0.5, 0.6) is 0 Å². The maximum Gasteiger partial charge on any atom is 0.273 e. The summed E-state index contributed by atoms with van der Waals surface area (Å²) < 4.78 is 24.2. The SMILES string of the molecule is CCCn1c(CC(C)C)nnc1S(N)(=O)=O. The van der Waals surface area contributed by atoms with Crippen LogP contribution in [0.25, 0.3) is 0 Å². The lowest BCUT2D eigenvalue weighted by molar-refractivity contribution is 0.527. The second kappa shape index (κ2) is 4.92. The molecule has 0 saturated heterocycles. The third-order valence-corrected chi connectivity index (χ3v) is 2.90. The zero-order chi connectivity index (χ0) is 12.3. The predicted molar refractivity (Wildman–Crippen MR) is 60.2 cm³/mol. The Hall–Kier alpha value is -0.950. The van der Waals surface area contributed by atoms with Gasteiger partial charge in [-0.3, -0.25) is 0 Å². The fourth-order valence-electron chi connectivity index (χ4n) is 1.49. The van der Waals surface area contributed by atoms with Crippen LogP contribution in [-0.4, -0.2) is 23.2 Å². The van der Waals surface area contributed by atoms with Gasteiger partial charge in [-0.1, -0.05) is 20.8 Å². The first-order valence-electron chi connectivity index (χ1n) is 5.31. The summed E-state index contributed by atoms with van der Waals surface area (Å²) in [7, 11) is -3.78. The third kappa shape index (κ3) is 3.02. The van der Waals surface area contributed by atoms with E-state index in [2.05, 4.69) is 10.2 Å². The number of primary sulfonamides is 1. The van der Waals surface area contributed by atoms with Gasteiger partial charge in [0.05, 0.1) is 0 Å². The average molecular weight is 246 g/mol. The number of nitrogens with two attached hydrogens (primary N) is 1. The molecule has 6 nitrogen and oxygen atoms in total. The van der Waals surface area contributed by atoms with Crippen LogP contribution in [0, 0.1) is 5.92 Å². The highest BCUT2D eigenvalue weighted by atomic mass is 32.2. The van der Waals surface area contributed by atoms with Crippen LogP contribution in [0.2, 0.25) is 0 Å². The van der Waals surface area contributed by atoms with E-state index in [-0.39, 0.29) is 5.16 Å². The van der Waals surface area contributed by atoms with Crippen molar-refractivity contribution in [2.75, 3.05) is 0 Å². The molecule has 2 N–H and O–H groups in total. The molecule has 1 rings (SSSR count). The average Bonchev–Trinajstić information content (AvgIpc) is 2.47. The van der Waals surface area contributed by atoms with Crippen molar-refractivity contribution in [3.05, 3.63) is 5.82 Å². The zero-order valence-corrected chi connectivity index (χ0v) is 10.7. The van der Waals surface area contributed by atoms with Gasteiger partial charge < -0.3 is 4.57 Å². The second-order valence-corrected chi connectivity index (χ2v) is 5.65. The first kappa shape index (κ1) is 13.1. The van der Waals surface area contributed by atoms with Crippen LogP contribution in [0.3, 0.4) is 0 Å². The minimum atomic E-state index is -3.78. The van der Waals surface area contributed by atoms with E-state index in [1.54, 1.807) is 4.57 Å². The number of nitrogens with zero attached hydrogens (tertiary/aromatic N) is 3. The van der Waals surface area contributed by atoms with E-state index in [4.69, 9.17) is 5.14 Å². The van der Waals surface area contributed by atoms with E-state index in [1.165, 1.54) is 0 Å². The Morgan fingerprint density at radius 3 is 2.44 bits per heavy atom. The van der Waals surface area contributed by atoms with Crippen molar-refractivity contribution in [3.63, 3.8) is 0 Å². The van der Waals surface area contributed by atoms with Crippen molar-refractivity contribution in [1.82, 2.24) is 14.8 Å². The van der Waals surface area contributed by atoms with E-state index in [1.807, 2.05) is 20.8 Å². The fourth-order valence-corrected chi connectivity index (χ4v) is 2.15. The maximum absolute atomic E-state index is 11.3. The van der Waals surface area contributed by atoms with Crippen LogP contribution in [-0.2, 0) is 23.0 Å². The van der Waals surface area contributed by atoms with Gasteiger partial charge in [-0.05, 0) is 12.3 Å². The summed E-state index contributed by atoms with van der Waals surface area (Å²) in [5.74, 6) is 1.08. The molecule has 1 aromatic rings. The van der Waals surface area contributed by atoms with Crippen LogP contribution in [0.15, 0.2) is 5.16 Å². The first-order chi connectivity index (χ1) is 7.36. The molecule has 0 amide bonds. The normalized spacial score (nSPS) is 12.3. The summed E-state index contributed by atoms with van der Waals surface area (Å²) in [5, 5.41) is 12.5. The Balaban J connectivity index is 3.17. The Bertz CT molecular complexity index is 450. The molecule has 16 heavy (non-hydrogen) atoms. The Kier molecular flexibility index (Phi) is 4.03. The number of hydrogen-bond donors (Lipinski definition) is 1. The van der Waals surface area contributed by atoms with E-state index in [0.717, 1.165) is 6.42 Å². The second-order valence-electron chi connectivity index (χ2n) is 4.19. The van der Waals surface area contributed by atoms with Crippen LogP contribution in [0.1, 0.15) is 33.0 Å². The zero-order valence-electron chi connectivity index (χ0n) is 9.84. The van der Waals surface area contributed by atoms with Crippen molar-refractivity contribution >= 4 is 10.0 Å². The molecular weight excluding hydrogens is 228 g/mol. The van der Waals surface area contributed by atoms with Crippen molar-refractivity contribution in [2.45, 2.75) is 45.3 Å². The topological polar surface area (TPSA) is 90.9 Å². The summed E-state index contributed by atoms with van der Waals surface area (Å²) in [4.78, 5) is 0. The van der Waals surface area contributed by atoms with Gasteiger partial charge in [0.2, 0.25) is 0 Å². The van der Waals surface area contributed by atoms with Gasteiger partial charge in [-0.25, -0.2) is 13.6 Å². The molecule has 1 heterocycles. The monoisotopic (exact) mass is 246 g/mol. The van der Waals surface area contributed by atoms with Gasteiger partial charge >= 0.3 is 0 Å². The highest BCUT2D eigenvalue weighted by molar-refractivity contribution is 7.89. The largest absolute Gasteiger partial charge is 0.301 e.